The normalized spacial score (nSPS) is 14.8. The van der Waals surface area contributed by atoms with Crippen LogP contribution in [0.25, 0.3) is 22.1 Å². The van der Waals surface area contributed by atoms with Crippen LogP contribution in [0.4, 0.5) is 5.82 Å². The first-order chi connectivity index (χ1) is 16.8. The Balaban J connectivity index is 0.00000117. The first kappa shape index (κ1) is 22.2. The second kappa shape index (κ2) is 9.72. The molecular weight excluding hydrogens is 450 g/mol. The SMILES string of the molecule is CC.S=C(NCc1ccc2c(c1)OCO2)N1CCN(c2ncnc3c2oc2ccccc23)CC1. The standard InChI is InChI=1S/C23H21N5O3S.C2H6/c32-23(24-12-15-5-6-18-19(11-15)30-14-29-18)28-9-7-27(8-10-28)22-21-20(25-13-26-22)16-3-1-2-4-17(16)31-21;1-2/h1-6,11,13H,7-10,12,14H2,(H,24,32);1-2H3. The number of rotatable bonds is 3. The molecule has 0 saturated carbocycles. The molecule has 0 spiro atoms. The molecule has 0 aliphatic carbocycles. The van der Waals surface area contributed by atoms with E-state index in [1.54, 1.807) is 6.33 Å². The molecular formula is C25H27N5O3S. The number of hydrogen-bond donors (Lipinski definition) is 1. The number of aromatic nitrogens is 2. The molecule has 2 aromatic carbocycles. The molecule has 1 saturated heterocycles. The largest absolute Gasteiger partial charge is 0.454 e. The van der Waals surface area contributed by atoms with E-state index >= 15 is 0 Å². The van der Waals surface area contributed by atoms with Crippen molar-refractivity contribution in [3.05, 3.63) is 54.4 Å². The van der Waals surface area contributed by atoms with Gasteiger partial charge in [0.25, 0.3) is 0 Å². The van der Waals surface area contributed by atoms with Crippen LogP contribution in [-0.4, -0.2) is 53.0 Å². The Morgan fingerprint density at radius 1 is 1.00 bits per heavy atom. The quantitative estimate of drug-likeness (QED) is 0.434. The van der Waals surface area contributed by atoms with E-state index in [0.29, 0.717) is 6.54 Å². The Bertz CT molecular complexity index is 1320. The van der Waals surface area contributed by atoms with Crippen molar-refractivity contribution in [2.75, 3.05) is 37.9 Å². The van der Waals surface area contributed by atoms with E-state index in [0.717, 1.165) is 76.2 Å². The monoisotopic (exact) mass is 477 g/mol. The summed E-state index contributed by atoms with van der Waals surface area (Å²) in [4.78, 5) is 13.4. The molecule has 0 atom stereocenters. The number of ether oxygens (including phenoxy) is 2. The smallest absolute Gasteiger partial charge is 0.231 e. The van der Waals surface area contributed by atoms with Crippen LogP contribution in [0, 0.1) is 0 Å². The molecule has 1 N–H and O–H groups in total. The molecule has 2 aliphatic heterocycles. The Hall–Kier alpha value is -3.59. The third-order valence-corrected chi connectivity index (χ3v) is 6.29. The Kier molecular flexibility index (Phi) is 6.35. The molecule has 0 unspecified atom stereocenters. The summed E-state index contributed by atoms with van der Waals surface area (Å²) in [6.45, 7) is 8.13. The molecule has 8 nitrogen and oxygen atoms in total. The van der Waals surface area contributed by atoms with Crippen LogP contribution in [0.5, 0.6) is 11.5 Å². The minimum atomic E-state index is 0.279. The number of hydrogen-bond acceptors (Lipinski definition) is 7. The second-order valence-corrected chi connectivity index (χ2v) is 8.18. The molecule has 34 heavy (non-hydrogen) atoms. The van der Waals surface area contributed by atoms with Gasteiger partial charge in [-0.2, -0.15) is 0 Å². The van der Waals surface area contributed by atoms with Gasteiger partial charge < -0.3 is 29.0 Å². The molecule has 2 aliphatic rings. The summed E-state index contributed by atoms with van der Waals surface area (Å²) in [5, 5.41) is 5.12. The van der Waals surface area contributed by atoms with Crippen LogP contribution in [0.1, 0.15) is 19.4 Å². The highest BCUT2D eigenvalue weighted by molar-refractivity contribution is 7.80. The fourth-order valence-electron chi connectivity index (χ4n) is 4.20. The van der Waals surface area contributed by atoms with Gasteiger partial charge in [-0.05, 0) is 42.0 Å². The summed E-state index contributed by atoms with van der Waals surface area (Å²) in [5.74, 6) is 2.41. The van der Waals surface area contributed by atoms with E-state index in [4.69, 9.17) is 26.1 Å². The van der Waals surface area contributed by atoms with E-state index in [-0.39, 0.29) is 6.79 Å². The third-order valence-electron chi connectivity index (χ3n) is 5.89. The zero-order valence-corrected chi connectivity index (χ0v) is 20.1. The van der Waals surface area contributed by atoms with Crippen LogP contribution < -0.4 is 19.7 Å². The minimum absolute atomic E-state index is 0.279. The van der Waals surface area contributed by atoms with E-state index in [1.165, 1.54) is 0 Å². The lowest BCUT2D eigenvalue weighted by molar-refractivity contribution is 0.174. The van der Waals surface area contributed by atoms with Crippen molar-refractivity contribution >= 4 is 45.2 Å². The van der Waals surface area contributed by atoms with Gasteiger partial charge in [0.15, 0.2) is 28.0 Å². The van der Waals surface area contributed by atoms with Crippen molar-refractivity contribution < 1.29 is 13.9 Å². The van der Waals surface area contributed by atoms with Crippen LogP contribution >= 0.6 is 12.2 Å². The highest BCUT2D eigenvalue weighted by Crippen LogP contribution is 2.33. The van der Waals surface area contributed by atoms with Gasteiger partial charge in [-0.1, -0.05) is 32.0 Å². The van der Waals surface area contributed by atoms with Crippen molar-refractivity contribution in [1.29, 1.82) is 0 Å². The molecule has 4 heterocycles. The summed E-state index contributed by atoms with van der Waals surface area (Å²) in [5.41, 5.74) is 3.53. The summed E-state index contributed by atoms with van der Waals surface area (Å²) in [7, 11) is 0. The predicted octanol–water partition coefficient (Wildman–Crippen LogP) is 4.33. The average molecular weight is 478 g/mol. The number of anilines is 1. The number of thiocarbonyl (C=S) groups is 1. The first-order valence-electron chi connectivity index (χ1n) is 11.5. The molecule has 6 rings (SSSR count). The van der Waals surface area contributed by atoms with Gasteiger partial charge >= 0.3 is 0 Å². The second-order valence-electron chi connectivity index (χ2n) is 7.79. The van der Waals surface area contributed by atoms with Crippen molar-refractivity contribution in [2.24, 2.45) is 0 Å². The van der Waals surface area contributed by atoms with Crippen LogP contribution in [-0.2, 0) is 6.54 Å². The van der Waals surface area contributed by atoms with Gasteiger partial charge in [-0.25, -0.2) is 9.97 Å². The molecule has 0 amide bonds. The fourth-order valence-corrected chi connectivity index (χ4v) is 4.45. The number of nitrogens with zero attached hydrogens (tertiary/aromatic N) is 4. The number of piperazine rings is 1. The molecule has 2 aromatic heterocycles. The molecule has 0 bridgehead atoms. The van der Waals surface area contributed by atoms with Crippen molar-refractivity contribution in [3.8, 4) is 11.5 Å². The zero-order valence-electron chi connectivity index (χ0n) is 19.3. The minimum Gasteiger partial charge on any atom is -0.454 e. The lowest BCUT2D eigenvalue weighted by atomic mass is 10.2. The number of fused-ring (bicyclic) bond motifs is 4. The van der Waals surface area contributed by atoms with E-state index in [2.05, 4.69) is 25.1 Å². The highest BCUT2D eigenvalue weighted by atomic mass is 32.1. The van der Waals surface area contributed by atoms with Gasteiger partial charge in [0.1, 0.15) is 17.4 Å². The number of nitrogens with one attached hydrogen (secondary N) is 1. The fraction of sp³-hybridized carbons (Fsp3) is 0.320. The Morgan fingerprint density at radius 2 is 1.79 bits per heavy atom. The van der Waals surface area contributed by atoms with Crippen molar-refractivity contribution in [1.82, 2.24) is 20.2 Å². The topological polar surface area (TPSA) is 75.9 Å². The Morgan fingerprint density at radius 3 is 2.65 bits per heavy atom. The van der Waals surface area contributed by atoms with Crippen LogP contribution in [0.3, 0.4) is 0 Å². The highest BCUT2D eigenvalue weighted by Gasteiger charge is 2.24. The van der Waals surface area contributed by atoms with Crippen molar-refractivity contribution in [2.45, 2.75) is 20.4 Å². The molecule has 176 valence electrons. The van der Waals surface area contributed by atoms with E-state index in [1.807, 2.05) is 56.3 Å². The maximum atomic E-state index is 6.09. The number of benzene rings is 2. The third kappa shape index (κ3) is 4.19. The van der Waals surface area contributed by atoms with E-state index in [9.17, 15) is 0 Å². The number of para-hydroxylation sites is 1. The van der Waals surface area contributed by atoms with Gasteiger partial charge in [-0.3, -0.25) is 0 Å². The summed E-state index contributed by atoms with van der Waals surface area (Å²) in [6.07, 6.45) is 1.61. The summed E-state index contributed by atoms with van der Waals surface area (Å²) < 4.78 is 16.9. The zero-order chi connectivity index (χ0) is 23.5. The molecule has 4 aromatic rings. The van der Waals surface area contributed by atoms with Crippen LogP contribution in [0.15, 0.2) is 53.2 Å². The first-order valence-corrected chi connectivity index (χ1v) is 12.0. The van der Waals surface area contributed by atoms with Gasteiger partial charge in [0, 0.05) is 38.1 Å². The Labute approximate surface area is 203 Å². The van der Waals surface area contributed by atoms with E-state index < -0.39 is 0 Å². The molecule has 0 radical (unpaired) electrons. The average Bonchev–Trinajstić information content (AvgIpc) is 3.52. The molecule has 1 fully saturated rings. The van der Waals surface area contributed by atoms with Crippen LogP contribution in [0.2, 0.25) is 0 Å². The number of furan rings is 1. The van der Waals surface area contributed by atoms with Gasteiger partial charge in [-0.15, -0.1) is 0 Å². The summed E-state index contributed by atoms with van der Waals surface area (Å²) in [6, 6.07) is 13.9. The van der Waals surface area contributed by atoms with Crippen molar-refractivity contribution in [3.63, 3.8) is 0 Å². The van der Waals surface area contributed by atoms with Gasteiger partial charge in [0.05, 0.1) is 0 Å². The lowest BCUT2D eigenvalue weighted by Gasteiger charge is -2.36. The predicted molar refractivity (Wildman–Crippen MR) is 136 cm³/mol. The lowest BCUT2D eigenvalue weighted by Crippen LogP contribution is -2.51. The summed E-state index contributed by atoms with van der Waals surface area (Å²) >= 11 is 5.64. The maximum Gasteiger partial charge on any atom is 0.231 e. The maximum absolute atomic E-state index is 6.09. The van der Waals surface area contributed by atoms with Gasteiger partial charge in [0.2, 0.25) is 6.79 Å². The molecule has 9 heteroatoms.